The van der Waals surface area contributed by atoms with Crippen molar-refractivity contribution in [3.05, 3.63) is 64.6 Å². The third-order valence-corrected chi connectivity index (χ3v) is 8.11. The minimum Gasteiger partial charge on any atom is -0.495 e. The first-order valence-electron chi connectivity index (χ1n) is 10.9. The number of fused-ring (bicyclic) bond motifs is 1. The van der Waals surface area contributed by atoms with E-state index in [0.717, 1.165) is 22.1 Å². The second-order valence-electron chi connectivity index (χ2n) is 8.07. The van der Waals surface area contributed by atoms with Gasteiger partial charge in [-0.1, -0.05) is 36.4 Å². The predicted molar refractivity (Wildman–Crippen MR) is 147 cm³/mol. The molecule has 11 heteroatoms. The highest BCUT2D eigenvalue weighted by Gasteiger charge is 2.25. The van der Waals surface area contributed by atoms with E-state index in [1.54, 1.807) is 6.07 Å². The normalized spacial score (nSPS) is 14.5. The van der Waals surface area contributed by atoms with Crippen molar-refractivity contribution in [2.75, 3.05) is 49.8 Å². The minimum atomic E-state index is -3.21. The number of para-hydroxylation sites is 2. The number of carbonyl (C=O) groups excluding carboxylic acids is 1. The highest BCUT2D eigenvalue weighted by Crippen LogP contribution is 2.36. The van der Waals surface area contributed by atoms with E-state index in [9.17, 15) is 13.2 Å². The predicted octanol–water partition coefficient (Wildman–Crippen LogP) is 3.82. The summed E-state index contributed by atoms with van der Waals surface area (Å²) in [5.74, 6) is 0.0261. The third-order valence-electron chi connectivity index (χ3n) is 5.82. The lowest BCUT2D eigenvalue weighted by Crippen LogP contribution is -2.48. The highest BCUT2D eigenvalue weighted by molar-refractivity contribution is 9.10. The van der Waals surface area contributed by atoms with E-state index in [2.05, 4.69) is 31.5 Å². The van der Waals surface area contributed by atoms with Crippen molar-refractivity contribution >= 4 is 71.3 Å². The highest BCUT2D eigenvalue weighted by atomic mass is 79.9. The van der Waals surface area contributed by atoms with Crippen molar-refractivity contribution in [2.24, 2.45) is 0 Å². The number of halogens is 1. The Labute approximate surface area is 218 Å². The molecule has 1 aliphatic rings. The molecule has 0 saturated carbocycles. The molecule has 0 radical (unpaired) electrons. The molecule has 0 spiro atoms. The SMILES string of the molecule is COc1c(C(=O)NC(=S)Nc2ccccc2N2CCN(S(C)(=O)=O)CC2)cc2ccccc2c1Br. The van der Waals surface area contributed by atoms with Crippen LogP contribution in [0.15, 0.2) is 59.1 Å². The molecule has 0 bridgehead atoms. The molecule has 2 N–H and O–H groups in total. The standard InChI is InChI=1S/C24H25BrN4O4S2/c1-33-22-18(15-16-7-3-4-8-17(16)21(22)25)23(30)27-24(34)26-19-9-5-6-10-20(19)28-11-13-29(14-12-28)35(2,31)32/h3-10,15H,11-14H2,1-2H3,(H2,26,27,30,34). The summed E-state index contributed by atoms with van der Waals surface area (Å²) in [5, 5.41) is 7.83. The average molecular weight is 578 g/mol. The fourth-order valence-electron chi connectivity index (χ4n) is 4.09. The summed E-state index contributed by atoms with van der Waals surface area (Å²) in [6, 6.07) is 17.0. The maximum absolute atomic E-state index is 13.1. The number of nitrogens with zero attached hydrogens (tertiary/aromatic N) is 2. The van der Waals surface area contributed by atoms with Crippen LogP contribution in [-0.2, 0) is 10.0 Å². The number of anilines is 2. The Kier molecular flexibility index (Phi) is 7.60. The van der Waals surface area contributed by atoms with Crippen molar-refractivity contribution in [3.63, 3.8) is 0 Å². The van der Waals surface area contributed by atoms with Gasteiger partial charge >= 0.3 is 0 Å². The topological polar surface area (TPSA) is 91.0 Å². The van der Waals surface area contributed by atoms with Crippen LogP contribution in [-0.4, -0.2) is 63.3 Å². The maximum atomic E-state index is 13.1. The molecule has 8 nitrogen and oxygen atoms in total. The van der Waals surface area contributed by atoms with Crippen molar-refractivity contribution in [2.45, 2.75) is 0 Å². The smallest absolute Gasteiger partial charge is 0.261 e. The van der Waals surface area contributed by atoms with E-state index in [-0.39, 0.29) is 5.11 Å². The van der Waals surface area contributed by atoms with E-state index in [0.29, 0.717) is 42.0 Å². The van der Waals surface area contributed by atoms with Gasteiger partial charge in [-0.15, -0.1) is 0 Å². The van der Waals surface area contributed by atoms with Crippen LogP contribution in [0.25, 0.3) is 10.8 Å². The van der Waals surface area contributed by atoms with Crippen LogP contribution in [0.5, 0.6) is 5.75 Å². The molecular formula is C24H25BrN4O4S2. The van der Waals surface area contributed by atoms with E-state index in [1.807, 2.05) is 48.5 Å². The molecule has 0 unspecified atom stereocenters. The Hall–Kier alpha value is -2.73. The van der Waals surface area contributed by atoms with Crippen molar-refractivity contribution < 1.29 is 17.9 Å². The average Bonchev–Trinajstić information content (AvgIpc) is 2.84. The van der Waals surface area contributed by atoms with E-state index < -0.39 is 15.9 Å². The number of amides is 1. The lowest BCUT2D eigenvalue weighted by atomic mass is 10.1. The Morgan fingerprint density at radius 1 is 1.06 bits per heavy atom. The molecule has 184 valence electrons. The Balaban J connectivity index is 1.50. The van der Waals surface area contributed by atoms with Gasteiger partial charge in [0.25, 0.3) is 5.91 Å². The number of hydrogen-bond donors (Lipinski definition) is 2. The quantitative estimate of drug-likeness (QED) is 0.446. The van der Waals surface area contributed by atoms with E-state index >= 15 is 0 Å². The number of benzene rings is 3. The molecule has 35 heavy (non-hydrogen) atoms. The lowest BCUT2D eigenvalue weighted by Gasteiger charge is -2.35. The van der Waals surface area contributed by atoms with Gasteiger partial charge in [-0.2, -0.15) is 4.31 Å². The number of rotatable bonds is 5. The van der Waals surface area contributed by atoms with Crippen LogP contribution < -0.4 is 20.3 Å². The van der Waals surface area contributed by atoms with Gasteiger partial charge in [0.05, 0.1) is 34.8 Å². The summed E-state index contributed by atoms with van der Waals surface area (Å²) in [6.45, 7) is 1.91. The number of carbonyl (C=O) groups is 1. The Morgan fingerprint density at radius 3 is 2.40 bits per heavy atom. The number of ether oxygens (including phenoxy) is 1. The van der Waals surface area contributed by atoms with Crippen LogP contribution in [0.4, 0.5) is 11.4 Å². The Morgan fingerprint density at radius 2 is 1.71 bits per heavy atom. The van der Waals surface area contributed by atoms with Gasteiger partial charge in [0.1, 0.15) is 5.75 Å². The molecule has 1 fully saturated rings. The van der Waals surface area contributed by atoms with Crippen molar-refractivity contribution in [1.29, 1.82) is 0 Å². The van der Waals surface area contributed by atoms with Crippen LogP contribution in [0.2, 0.25) is 0 Å². The summed E-state index contributed by atoms with van der Waals surface area (Å²) in [6.07, 6.45) is 1.22. The molecule has 1 heterocycles. The molecule has 3 aromatic rings. The summed E-state index contributed by atoms with van der Waals surface area (Å²) in [7, 11) is -1.70. The molecular weight excluding hydrogens is 552 g/mol. The third kappa shape index (κ3) is 5.58. The monoisotopic (exact) mass is 576 g/mol. The number of piperazine rings is 1. The number of methoxy groups -OCH3 is 1. The van der Waals surface area contributed by atoms with Gasteiger partial charge < -0.3 is 15.0 Å². The number of thiocarbonyl (C=S) groups is 1. The summed E-state index contributed by atoms with van der Waals surface area (Å²) < 4.78 is 31.3. The zero-order chi connectivity index (χ0) is 25.2. The van der Waals surface area contributed by atoms with E-state index in [1.165, 1.54) is 17.7 Å². The maximum Gasteiger partial charge on any atom is 0.261 e. The van der Waals surface area contributed by atoms with Gasteiger partial charge in [0.2, 0.25) is 10.0 Å². The molecule has 0 aromatic heterocycles. The molecule has 0 atom stereocenters. The van der Waals surface area contributed by atoms with Crippen LogP contribution in [0.1, 0.15) is 10.4 Å². The molecule has 0 aliphatic carbocycles. The van der Waals surface area contributed by atoms with Crippen molar-refractivity contribution in [1.82, 2.24) is 9.62 Å². The number of nitrogens with one attached hydrogen (secondary N) is 2. The lowest BCUT2D eigenvalue weighted by molar-refractivity contribution is 0.0975. The fraction of sp³-hybridized carbons (Fsp3) is 0.250. The zero-order valence-corrected chi connectivity index (χ0v) is 22.5. The Bertz CT molecular complexity index is 1390. The first kappa shape index (κ1) is 25.4. The summed E-state index contributed by atoms with van der Waals surface area (Å²) in [4.78, 5) is 15.2. The summed E-state index contributed by atoms with van der Waals surface area (Å²) in [5.41, 5.74) is 1.95. The first-order valence-corrected chi connectivity index (χ1v) is 13.9. The van der Waals surface area contributed by atoms with Gasteiger partial charge in [0.15, 0.2) is 5.11 Å². The number of sulfonamides is 1. The van der Waals surface area contributed by atoms with Crippen LogP contribution in [0, 0.1) is 0 Å². The van der Waals surface area contributed by atoms with Crippen molar-refractivity contribution in [3.8, 4) is 5.75 Å². The molecule has 1 saturated heterocycles. The van der Waals surface area contributed by atoms with Gasteiger partial charge in [0, 0.05) is 26.2 Å². The zero-order valence-electron chi connectivity index (χ0n) is 19.2. The molecule has 4 rings (SSSR count). The fourth-order valence-corrected chi connectivity index (χ4v) is 5.86. The van der Waals surface area contributed by atoms with Crippen LogP contribution in [0.3, 0.4) is 0 Å². The van der Waals surface area contributed by atoms with E-state index in [4.69, 9.17) is 17.0 Å². The minimum absolute atomic E-state index is 0.142. The summed E-state index contributed by atoms with van der Waals surface area (Å²) >= 11 is 9.00. The second-order valence-corrected chi connectivity index (χ2v) is 11.3. The first-order chi connectivity index (χ1) is 16.7. The van der Waals surface area contributed by atoms with Gasteiger partial charge in [-0.3, -0.25) is 10.1 Å². The largest absolute Gasteiger partial charge is 0.495 e. The molecule has 1 amide bonds. The number of hydrogen-bond acceptors (Lipinski definition) is 6. The molecule has 1 aliphatic heterocycles. The van der Waals surface area contributed by atoms with Gasteiger partial charge in [-0.05, 0) is 57.1 Å². The second kappa shape index (κ2) is 10.5. The van der Waals surface area contributed by atoms with Gasteiger partial charge in [-0.25, -0.2) is 8.42 Å². The molecule has 3 aromatic carbocycles. The van der Waals surface area contributed by atoms with Crippen LogP contribution >= 0.6 is 28.1 Å².